The molecule has 1 aromatic rings. The predicted octanol–water partition coefficient (Wildman–Crippen LogP) is 2.38. The van der Waals surface area contributed by atoms with Crippen LogP contribution in [0.2, 0.25) is 0 Å². The molecule has 8 nitrogen and oxygen atoms in total. The van der Waals surface area contributed by atoms with E-state index in [-0.39, 0.29) is 12.0 Å². The molecule has 1 N–H and O–H groups in total. The van der Waals surface area contributed by atoms with Gasteiger partial charge in [0, 0.05) is 37.7 Å². The molecule has 0 aliphatic carbocycles. The molecule has 0 radical (unpaired) electrons. The highest BCUT2D eigenvalue weighted by Crippen LogP contribution is 2.18. The summed E-state index contributed by atoms with van der Waals surface area (Å²) in [5.41, 5.74) is 0.271. The number of amides is 2. The second-order valence-corrected chi connectivity index (χ2v) is 7.91. The standard InChI is InChI=1S/C19H30N4O4/c1-12-11-16(22-14(3)20-12)26-15-7-9-23(10-8-15)17(24)13(2)21-18(25)27-19(4,5)6/h11,13,15H,7-10H2,1-6H3,(H,21,25)/t13-/m1/s1. The summed E-state index contributed by atoms with van der Waals surface area (Å²) in [4.78, 5) is 34.7. The molecular weight excluding hydrogens is 348 g/mol. The average Bonchev–Trinajstić information content (AvgIpc) is 2.52. The van der Waals surface area contributed by atoms with Gasteiger partial charge in [-0.05, 0) is 41.5 Å². The number of nitrogens with zero attached hydrogens (tertiary/aromatic N) is 3. The Kier molecular flexibility index (Phi) is 6.62. The van der Waals surface area contributed by atoms with Crippen LogP contribution in [0.15, 0.2) is 6.07 Å². The summed E-state index contributed by atoms with van der Waals surface area (Å²) < 4.78 is 11.1. The van der Waals surface area contributed by atoms with Gasteiger partial charge in [-0.25, -0.2) is 9.78 Å². The fourth-order valence-corrected chi connectivity index (χ4v) is 2.93. The molecule has 0 spiro atoms. The van der Waals surface area contributed by atoms with Crippen molar-refractivity contribution in [3.63, 3.8) is 0 Å². The van der Waals surface area contributed by atoms with Gasteiger partial charge in [-0.1, -0.05) is 0 Å². The molecule has 1 aliphatic heterocycles. The van der Waals surface area contributed by atoms with Crippen molar-refractivity contribution in [3.8, 4) is 5.88 Å². The van der Waals surface area contributed by atoms with Crippen molar-refractivity contribution in [3.05, 3.63) is 17.6 Å². The molecule has 8 heteroatoms. The zero-order chi connectivity index (χ0) is 20.2. The summed E-state index contributed by atoms with van der Waals surface area (Å²) in [6.45, 7) is 11.9. The van der Waals surface area contributed by atoms with Gasteiger partial charge in [0.2, 0.25) is 11.8 Å². The van der Waals surface area contributed by atoms with E-state index in [1.165, 1.54) is 0 Å². The minimum Gasteiger partial charge on any atom is -0.474 e. The van der Waals surface area contributed by atoms with Crippen LogP contribution in [-0.2, 0) is 9.53 Å². The van der Waals surface area contributed by atoms with Crippen LogP contribution in [0.1, 0.15) is 52.1 Å². The van der Waals surface area contributed by atoms with Crippen LogP contribution in [0.5, 0.6) is 5.88 Å². The van der Waals surface area contributed by atoms with Crippen molar-refractivity contribution >= 4 is 12.0 Å². The zero-order valence-electron chi connectivity index (χ0n) is 17.0. The SMILES string of the molecule is Cc1cc(OC2CCN(C(=O)[C@@H](C)NC(=O)OC(C)(C)C)CC2)nc(C)n1. The van der Waals surface area contributed by atoms with E-state index in [4.69, 9.17) is 9.47 Å². The van der Waals surface area contributed by atoms with Gasteiger partial charge in [-0.2, -0.15) is 4.98 Å². The summed E-state index contributed by atoms with van der Waals surface area (Å²) in [6.07, 6.45) is 0.855. The first-order chi connectivity index (χ1) is 12.5. The first-order valence-electron chi connectivity index (χ1n) is 9.31. The molecule has 1 aromatic heterocycles. The Balaban J connectivity index is 1.82. The number of carbonyl (C=O) groups excluding carboxylic acids is 2. The van der Waals surface area contributed by atoms with Crippen LogP contribution in [0.3, 0.4) is 0 Å². The molecule has 0 saturated carbocycles. The second-order valence-electron chi connectivity index (χ2n) is 7.91. The Hall–Kier alpha value is -2.38. The number of ether oxygens (including phenoxy) is 2. The largest absolute Gasteiger partial charge is 0.474 e. The topological polar surface area (TPSA) is 93.7 Å². The van der Waals surface area contributed by atoms with E-state index in [2.05, 4.69) is 15.3 Å². The summed E-state index contributed by atoms with van der Waals surface area (Å²) in [5, 5.41) is 2.60. The normalized spacial score (nSPS) is 16.6. The molecule has 0 unspecified atom stereocenters. The number of nitrogens with one attached hydrogen (secondary N) is 1. The second kappa shape index (κ2) is 8.54. The van der Waals surface area contributed by atoms with E-state index in [9.17, 15) is 9.59 Å². The zero-order valence-corrected chi connectivity index (χ0v) is 17.0. The summed E-state index contributed by atoms with van der Waals surface area (Å²) in [6, 6.07) is 1.18. The minimum atomic E-state index is -0.635. The van der Waals surface area contributed by atoms with Gasteiger partial charge in [-0.3, -0.25) is 4.79 Å². The molecule has 1 atom stereocenters. The van der Waals surface area contributed by atoms with Gasteiger partial charge in [-0.15, -0.1) is 0 Å². The molecule has 2 amide bonds. The van der Waals surface area contributed by atoms with E-state index >= 15 is 0 Å². The molecule has 0 bridgehead atoms. The van der Waals surface area contributed by atoms with Crippen molar-refractivity contribution in [1.29, 1.82) is 0 Å². The minimum absolute atomic E-state index is 0.0110. The third-order valence-corrected chi connectivity index (χ3v) is 4.09. The quantitative estimate of drug-likeness (QED) is 0.864. The Morgan fingerprint density at radius 1 is 1.22 bits per heavy atom. The van der Waals surface area contributed by atoms with Gasteiger partial charge in [0.05, 0.1) is 0 Å². The first-order valence-corrected chi connectivity index (χ1v) is 9.31. The Bertz CT molecular complexity index is 659. The van der Waals surface area contributed by atoms with E-state index in [1.54, 1.807) is 32.6 Å². The highest BCUT2D eigenvalue weighted by Gasteiger charge is 2.29. The number of alkyl carbamates (subject to hydrolysis) is 1. The Labute approximate surface area is 160 Å². The van der Waals surface area contributed by atoms with E-state index in [1.807, 2.05) is 19.9 Å². The van der Waals surface area contributed by atoms with Crippen LogP contribution in [0.25, 0.3) is 0 Å². The maximum absolute atomic E-state index is 12.5. The number of hydrogen-bond donors (Lipinski definition) is 1. The van der Waals surface area contributed by atoms with Crippen LogP contribution >= 0.6 is 0 Å². The third kappa shape index (κ3) is 6.69. The van der Waals surface area contributed by atoms with Crippen molar-refractivity contribution in [2.45, 2.75) is 72.1 Å². The highest BCUT2D eigenvalue weighted by molar-refractivity contribution is 5.85. The number of aromatic nitrogens is 2. The lowest BCUT2D eigenvalue weighted by molar-refractivity contribution is -0.134. The summed E-state index contributed by atoms with van der Waals surface area (Å²) >= 11 is 0. The maximum atomic E-state index is 12.5. The smallest absolute Gasteiger partial charge is 0.408 e. The summed E-state index contributed by atoms with van der Waals surface area (Å²) in [7, 11) is 0. The van der Waals surface area contributed by atoms with Gasteiger partial charge >= 0.3 is 6.09 Å². The Morgan fingerprint density at radius 3 is 2.41 bits per heavy atom. The number of hydrogen-bond acceptors (Lipinski definition) is 6. The molecule has 27 heavy (non-hydrogen) atoms. The Morgan fingerprint density at radius 2 is 1.85 bits per heavy atom. The molecule has 2 rings (SSSR count). The van der Waals surface area contributed by atoms with Gasteiger partial charge in [0.25, 0.3) is 0 Å². The van der Waals surface area contributed by atoms with E-state index < -0.39 is 17.7 Å². The number of rotatable bonds is 4. The fourth-order valence-electron chi connectivity index (χ4n) is 2.93. The van der Waals surface area contributed by atoms with Crippen molar-refractivity contribution in [2.24, 2.45) is 0 Å². The van der Waals surface area contributed by atoms with Gasteiger partial charge in [0.1, 0.15) is 23.6 Å². The van der Waals surface area contributed by atoms with Gasteiger partial charge < -0.3 is 19.7 Å². The van der Waals surface area contributed by atoms with E-state index in [0.717, 1.165) is 5.69 Å². The summed E-state index contributed by atoms with van der Waals surface area (Å²) in [5.74, 6) is 1.14. The van der Waals surface area contributed by atoms with Crippen LogP contribution < -0.4 is 10.1 Å². The van der Waals surface area contributed by atoms with Crippen LogP contribution in [-0.4, -0.2) is 57.7 Å². The van der Waals surface area contributed by atoms with Crippen LogP contribution in [0, 0.1) is 13.8 Å². The molecular formula is C19H30N4O4. The predicted molar refractivity (Wildman–Crippen MR) is 101 cm³/mol. The molecule has 1 saturated heterocycles. The van der Waals surface area contributed by atoms with Crippen molar-refractivity contribution in [1.82, 2.24) is 20.2 Å². The highest BCUT2D eigenvalue weighted by atomic mass is 16.6. The third-order valence-electron chi connectivity index (χ3n) is 4.09. The van der Waals surface area contributed by atoms with Gasteiger partial charge in [0.15, 0.2) is 0 Å². The first kappa shape index (κ1) is 20.9. The number of piperidine rings is 1. The lowest BCUT2D eigenvalue weighted by atomic mass is 10.1. The number of carbonyl (C=O) groups is 2. The van der Waals surface area contributed by atoms with Crippen molar-refractivity contribution < 1.29 is 19.1 Å². The fraction of sp³-hybridized carbons (Fsp3) is 0.684. The molecule has 1 aliphatic rings. The number of likely N-dealkylation sites (tertiary alicyclic amines) is 1. The lowest BCUT2D eigenvalue weighted by Gasteiger charge is -2.33. The molecule has 1 fully saturated rings. The average molecular weight is 378 g/mol. The van der Waals surface area contributed by atoms with Crippen LogP contribution in [0.4, 0.5) is 4.79 Å². The molecule has 150 valence electrons. The lowest BCUT2D eigenvalue weighted by Crippen LogP contribution is -2.51. The monoisotopic (exact) mass is 378 g/mol. The molecule has 2 heterocycles. The van der Waals surface area contributed by atoms with E-state index in [0.29, 0.717) is 37.6 Å². The number of aryl methyl sites for hydroxylation is 2. The maximum Gasteiger partial charge on any atom is 0.408 e. The van der Waals surface area contributed by atoms with Crippen molar-refractivity contribution in [2.75, 3.05) is 13.1 Å². The molecule has 0 aromatic carbocycles.